The number of benzene rings is 1. The quantitative estimate of drug-likeness (QED) is 0.777. The van der Waals surface area contributed by atoms with Gasteiger partial charge >= 0.3 is 0 Å². The van der Waals surface area contributed by atoms with Crippen LogP contribution in [0.4, 0.5) is 0 Å². The fourth-order valence-corrected chi connectivity index (χ4v) is 3.23. The molecule has 1 nitrogen and oxygen atoms in total. The van der Waals surface area contributed by atoms with Gasteiger partial charge in [-0.2, -0.15) is 0 Å². The van der Waals surface area contributed by atoms with Crippen LogP contribution in [0.25, 0.3) is 10.1 Å². The molecule has 0 radical (unpaired) electrons. The Morgan fingerprint density at radius 2 is 2.06 bits per heavy atom. The maximum absolute atomic E-state index is 3.68. The summed E-state index contributed by atoms with van der Waals surface area (Å²) in [6, 6.07) is 9.40. The molecule has 2 heteroatoms. The van der Waals surface area contributed by atoms with Crippen LogP contribution in [0.2, 0.25) is 0 Å². The minimum atomic E-state index is 0.516. The zero-order chi connectivity index (χ0) is 12.1. The van der Waals surface area contributed by atoms with E-state index in [0.717, 1.165) is 6.54 Å². The van der Waals surface area contributed by atoms with E-state index in [4.69, 9.17) is 0 Å². The van der Waals surface area contributed by atoms with Crippen LogP contribution in [-0.4, -0.2) is 6.54 Å². The first-order valence-corrected chi connectivity index (χ1v) is 7.44. The standard InChI is InChI=1S/C15H21NS/c1-3-6-14(16-10-4-2)13-8-5-7-12-9-11-17-15(12)13/h5,7-9,11,14,16H,3-4,6,10H2,1-2H3. The normalized spacial score (nSPS) is 13.1. The lowest BCUT2D eigenvalue weighted by atomic mass is 10.0. The van der Waals surface area contributed by atoms with Gasteiger partial charge in [0.25, 0.3) is 0 Å². The van der Waals surface area contributed by atoms with Gasteiger partial charge in [0.15, 0.2) is 0 Å². The molecule has 1 aromatic carbocycles. The van der Waals surface area contributed by atoms with Crippen LogP contribution in [0.3, 0.4) is 0 Å². The third-order valence-corrected chi connectivity index (χ3v) is 4.08. The average Bonchev–Trinajstić information content (AvgIpc) is 2.82. The minimum Gasteiger partial charge on any atom is -0.310 e. The van der Waals surface area contributed by atoms with Gasteiger partial charge in [-0.3, -0.25) is 0 Å². The highest BCUT2D eigenvalue weighted by molar-refractivity contribution is 7.17. The first-order chi connectivity index (χ1) is 8.36. The molecule has 0 fully saturated rings. The SMILES string of the molecule is CCCNC(CCC)c1cccc2ccsc12. The van der Waals surface area contributed by atoms with Crippen molar-refractivity contribution in [1.29, 1.82) is 0 Å². The zero-order valence-corrected chi connectivity index (χ0v) is 11.5. The van der Waals surface area contributed by atoms with Gasteiger partial charge in [0.2, 0.25) is 0 Å². The van der Waals surface area contributed by atoms with E-state index in [0.29, 0.717) is 6.04 Å². The number of rotatable bonds is 6. The van der Waals surface area contributed by atoms with Crippen molar-refractivity contribution in [1.82, 2.24) is 5.32 Å². The zero-order valence-electron chi connectivity index (χ0n) is 10.7. The van der Waals surface area contributed by atoms with Gasteiger partial charge in [0.05, 0.1) is 0 Å². The maximum atomic E-state index is 3.68. The fraction of sp³-hybridized carbons (Fsp3) is 0.467. The Labute approximate surface area is 108 Å². The van der Waals surface area contributed by atoms with E-state index in [-0.39, 0.29) is 0 Å². The van der Waals surface area contributed by atoms with Crippen molar-refractivity contribution in [3.63, 3.8) is 0 Å². The van der Waals surface area contributed by atoms with E-state index in [1.165, 1.54) is 34.9 Å². The summed E-state index contributed by atoms with van der Waals surface area (Å²) in [5.41, 5.74) is 1.48. The number of hydrogen-bond acceptors (Lipinski definition) is 2. The summed E-state index contributed by atoms with van der Waals surface area (Å²) in [6.45, 7) is 5.59. The van der Waals surface area contributed by atoms with Crippen molar-refractivity contribution in [2.24, 2.45) is 0 Å². The van der Waals surface area contributed by atoms with E-state index in [2.05, 4.69) is 48.8 Å². The van der Waals surface area contributed by atoms with Crippen LogP contribution in [0, 0.1) is 0 Å². The summed E-state index contributed by atoms with van der Waals surface area (Å²) in [5, 5.41) is 7.25. The van der Waals surface area contributed by atoms with Gasteiger partial charge < -0.3 is 5.32 Å². The number of fused-ring (bicyclic) bond motifs is 1. The predicted octanol–water partition coefficient (Wildman–Crippen LogP) is 4.74. The van der Waals surface area contributed by atoms with Crippen molar-refractivity contribution in [3.05, 3.63) is 35.2 Å². The van der Waals surface area contributed by atoms with E-state index >= 15 is 0 Å². The predicted molar refractivity (Wildman–Crippen MR) is 77.8 cm³/mol. The second-order valence-corrected chi connectivity index (χ2v) is 5.40. The summed E-state index contributed by atoms with van der Waals surface area (Å²) in [7, 11) is 0. The third kappa shape index (κ3) is 2.88. The second-order valence-electron chi connectivity index (χ2n) is 4.48. The van der Waals surface area contributed by atoms with Crippen LogP contribution in [0.5, 0.6) is 0 Å². The Hall–Kier alpha value is -0.860. The lowest BCUT2D eigenvalue weighted by Crippen LogP contribution is -2.22. The molecule has 0 bridgehead atoms. The second kappa shape index (κ2) is 6.18. The summed E-state index contributed by atoms with van der Waals surface area (Å²) < 4.78 is 1.45. The van der Waals surface area contributed by atoms with Gasteiger partial charge in [-0.1, -0.05) is 38.5 Å². The monoisotopic (exact) mass is 247 g/mol. The first-order valence-electron chi connectivity index (χ1n) is 6.56. The van der Waals surface area contributed by atoms with Gasteiger partial charge in [-0.25, -0.2) is 0 Å². The van der Waals surface area contributed by atoms with Gasteiger partial charge in [0.1, 0.15) is 0 Å². The van der Waals surface area contributed by atoms with E-state index in [9.17, 15) is 0 Å². The molecule has 0 saturated carbocycles. The van der Waals surface area contributed by atoms with Crippen molar-refractivity contribution in [3.8, 4) is 0 Å². The molecular formula is C15H21NS. The molecule has 0 aliphatic heterocycles. The molecule has 0 aliphatic rings. The molecule has 0 amide bonds. The fourth-order valence-electron chi connectivity index (χ4n) is 2.27. The Morgan fingerprint density at radius 3 is 2.82 bits per heavy atom. The molecule has 1 atom stereocenters. The number of thiophene rings is 1. The van der Waals surface area contributed by atoms with Crippen LogP contribution in [-0.2, 0) is 0 Å². The third-order valence-electron chi connectivity index (χ3n) is 3.10. The molecule has 0 saturated heterocycles. The van der Waals surface area contributed by atoms with Crippen molar-refractivity contribution < 1.29 is 0 Å². The summed E-state index contributed by atoms with van der Waals surface area (Å²) in [6.07, 6.45) is 3.64. The Balaban J connectivity index is 2.30. The highest BCUT2D eigenvalue weighted by Gasteiger charge is 2.13. The summed E-state index contributed by atoms with van der Waals surface area (Å²) in [5.74, 6) is 0. The number of nitrogens with one attached hydrogen (secondary N) is 1. The van der Waals surface area contributed by atoms with E-state index < -0.39 is 0 Å². The average molecular weight is 247 g/mol. The Morgan fingerprint density at radius 1 is 1.18 bits per heavy atom. The molecule has 1 heterocycles. The van der Waals surface area contributed by atoms with Crippen molar-refractivity contribution in [2.75, 3.05) is 6.54 Å². The smallest absolute Gasteiger partial charge is 0.0390 e. The molecule has 92 valence electrons. The van der Waals surface area contributed by atoms with Crippen LogP contribution in [0.15, 0.2) is 29.6 Å². The van der Waals surface area contributed by atoms with Crippen LogP contribution in [0.1, 0.15) is 44.7 Å². The largest absolute Gasteiger partial charge is 0.310 e. The molecule has 1 unspecified atom stereocenters. The highest BCUT2D eigenvalue weighted by atomic mass is 32.1. The first kappa shape index (κ1) is 12.6. The molecule has 2 aromatic rings. The molecule has 0 spiro atoms. The lowest BCUT2D eigenvalue weighted by Gasteiger charge is -2.19. The maximum Gasteiger partial charge on any atom is 0.0390 e. The molecular weight excluding hydrogens is 226 g/mol. The molecule has 1 aromatic heterocycles. The molecule has 17 heavy (non-hydrogen) atoms. The highest BCUT2D eigenvalue weighted by Crippen LogP contribution is 2.30. The molecule has 2 rings (SSSR count). The van der Waals surface area contributed by atoms with Crippen LogP contribution < -0.4 is 5.32 Å². The van der Waals surface area contributed by atoms with E-state index in [1.54, 1.807) is 0 Å². The van der Waals surface area contributed by atoms with Crippen molar-refractivity contribution in [2.45, 2.75) is 39.2 Å². The topological polar surface area (TPSA) is 12.0 Å². The minimum absolute atomic E-state index is 0.516. The summed E-state index contributed by atoms with van der Waals surface area (Å²) >= 11 is 1.86. The van der Waals surface area contributed by atoms with Crippen molar-refractivity contribution >= 4 is 21.4 Å². The number of hydrogen-bond donors (Lipinski definition) is 1. The molecule has 0 aliphatic carbocycles. The molecule has 1 N–H and O–H groups in total. The summed E-state index contributed by atoms with van der Waals surface area (Å²) in [4.78, 5) is 0. The van der Waals surface area contributed by atoms with Gasteiger partial charge in [0, 0.05) is 10.7 Å². The van der Waals surface area contributed by atoms with Gasteiger partial charge in [-0.05, 0) is 41.8 Å². The lowest BCUT2D eigenvalue weighted by molar-refractivity contribution is 0.497. The van der Waals surface area contributed by atoms with E-state index in [1.807, 2.05) is 11.3 Å². The van der Waals surface area contributed by atoms with Gasteiger partial charge in [-0.15, -0.1) is 11.3 Å². The Kier molecular flexibility index (Phi) is 4.57. The Bertz CT molecular complexity index is 461. The van der Waals surface area contributed by atoms with Crippen LogP contribution >= 0.6 is 11.3 Å².